The number of nitrogens with zero attached hydrogens (tertiary/aromatic N) is 3. The third-order valence-corrected chi connectivity index (χ3v) is 3.66. The Kier molecular flexibility index (Phi) is 4.07. The molecule has 0 saturated carbocycles. The van der Waals surface area contributed by atoms with Crippen LogP contribution in [0, 0.1) is 6.92 Å². The molecule has 1 aliphatic heterocycles. The molecule has 18 heavy (non-hydrogen) atoms. The number of hydrogen-bond donors (Lipinski definition) is 1. The van der Waals surface area contributed by atoms with Crippen molar-refractivity contribution < 1.29 is 5.11 Å². The number of anilines is 1. The molecule has 0 aromatic carbocycles. The summed E-state index contributed by atoms with van der Waals surface area (Å²) < 4.78 is 0. The van der Waals surface area contributed by atoms with E-state index in [1.54, 1.807) is 0 Å². The molecule has 1 N–H and O–H groups in total. The lowest BCUT2D eigenvalue weighted by atomic mass is 10.1. The van der Waals surface area contributed by atoms with Gasteiger partial charge in [-0.25, -0.2) is 9.97 Å². The number of aliphatic hydroxyl groups is 1. The Hall–Kier alpha value is -0.870. The molecule has 1 fully saturated rings. The first-order valence-corrected chi connectivity index (χ1v) is 6.84. The van der Waals surface area contributed by atoms with Gasteiger partial charge in [0.05, 0.1) is 6.10 Å². The van der Waals surface area contributed by atoms with Crippen molar-refractivity contribution >= 4 is 17.4 Å². The quantitative estimate of drug-likeness (QED) is 0.839. The molecule has 0 radical (unpaired) electrons. The van der Waals surface area contributed by atoms with Crippen molar-refractivity contribution in [2.45, 2.75) is 45.6 Å². The fraction of sp³-hybridized carbons (Fsp3) is 0.692. The minimum Gasteiger partial charge on any atom is -0.391 e. The van der Waals surface area contributed by atoms with Gasteiger partial charge in [0, 0.05) is 24.6 Å². The van der Waals surface area contributed by atoms with Crippen LogP contribution in [0.25, 0.3) is 0 Å². The smallest absolute Gasteiger partial charge is 0.137 e. The molecule has 0 bridgehead atoms. The van der Waals surface area contributed by atoms with Crippen LogP contribution in [-0.4, -0.2) is 34.3 Å². The highest BCUT2D eigenvalue weighted by Gasteiger charge is 2.22. The van der Waals surface area contributed by atoms with Gasteiger partial charge in [-0.05, 0) is 19.8 Å². The van der Waals surface area contributed by atoms with Crippen LogP contribution in [0.2, 0.25) is 5.15 Å². The molecule has 5 heteroatoms. The zero-order valence-corrected chi connectivity index (χ0v) is 11.9. The first-order valence-electron chi connectivity index (χ1n) is 6.46. The second-order valence-corrected chi connectivity index (χ2v) is 5.58. The summed E-state index contributed by atoms with van der Waals surface area (Å²) in [7, 11) is 0. The van der Waals surface area contributed by atoms with Crippen LogP contribution in [0.5, 0.6) is 0 Å². The summed E-state index contributed by atoms with van der Waals surface area (Å²) >= 11 is 6.18. The van der Waals surface area contributed by atoms with E-state index in [0.29, 0.717) is 11.7 Å². The lowest BCUT2D eigenvalue weighted by molar-refractivity contribution is 0.153. The second-order valence-electron chi connectivity index (χ2n) is 5.22. The van der Waals surface area contributed by atoms with E-state index >= 15 is 0 Å². The molecule has 1 aromatic rings. The SMILES string of the molecule is Cc1c(Cl)nc(C(C)C)nc1N1CCCC(O)C1. The first-order chi connectivity index (χ1) is 8.49. The molecule has 0 spiro atoms. The molecule has 1 unspecified atom stereocenters. The zero-order valence-electron chi connectivity index (χ0n) is 11.1. The second kappa shape index (κ2) is 5.41. The molecular formula is C13H20ClN3O. The van der Waals surface area contributed by atoms with E-state index in [2.05, 4.69) is 28.7 Å². The van der Waals surface area contributed by atoms with Gasteiger partial charge in [0.25, 0.3) is 0 Å². The van der Waals surface area contributed by atoms with Crippen molar-refractivity contribution in [2.24, 2.45) is 0 Å². The molecule has 0 amide bonds. The Morgan fingerprint density at radius 2 is 2.11 bits per heavy atom. The molecule has 1 saturated heterocycles. The fourth-order valence-electron chi connectivity index (χ4n) is 2.21. The lowest BCUT2D eigenvalue weighted by Gasteiger charge is -2.32. The standard InChI is InChI=1S/C13H20ClN3O/c1-8(2)12-15-11(14)9(3)13(16-12)17-6-4-5-10(18)7-17/h8,10,18H,4-7H2,1-3H3. The minimum absolute atomic E-state index is 0.247. The number of piperidine rings is 1. The Morgan fingerprint density at radius 1 is 1.39 bits per heavy atom. The largest absolute Gasteiger partial charge is 0.391 e. The van der Waals surface area contributed by atoms with Crippen LogP contribution in [0.4, 0.5) is 5.82 Å². The van der Waals surface area contributed by atoms with Crippen molar-refractivity contribution in [2.75, 3.05) is 18.0 Å². The van der Waals surface area contributed by atoms with Gasteiger partial charge in [0.1, 0.15) is 16.8 Å². The number of β-amino-alcohol motifs (C(OH)–C–C–N with tert-alkyl or cyclic N) is 1. The van der Waals surface area contributed by atoms with Crippen LogP contribution < -0.4 is 4.90 Å². The third kappa shape index (κ3) is 2.75. The zero-order chi connectivity index (χ0) is 13.3. The predicted octanol–water partition coefficient (Wildman–Crippen LogP) is 2.52. The summed E-state index contributed by atoms with van der Waals surface area (Å²) in [6.45, 7) is 7.59. The van der Waals surface area contributed by atoms with Gasteiger partial charge in [0.2, 0.25) is 0 Å². The summed E-state index contributed by atoms with van der Waals surface area (Å²) in [6, 6.07) is 0. The molecule has 1 aromatic heterocycles. The van der Waals surface area contributed by atoms with Gasteiger partial charge in [-0.15, -0.1) is 0 Å². The number of hydrogen-bond acceptors (Lipinski definition) is 4. The van der Waals surface area contributed by atoms with E-state index in [4.69, 9.17) is 11.6 Å². The number of aromatic nitrogens is 2. The summed E-state index contributed by atoms with van der Waals surface area (Å²) in [4.78, 5) is 11.0. The Bertz CT molecular complexity index is 436. The van der Waals surface area contributed by atoms with E-state index in [1.807, 2.05) is 6.92 Å². The molecule has 100 valence electrons. The van der Waals surface area contributed by atoms with Crippen LogP contribution in [-0.2, 0) is 0 Å². The van der Waals surface area contributed by atoms with Crippen molar-refractivity contribution in [3.05, 3.63) is 16.5 Å². The maximum atomic E-state index is 9.76. The number of rotatable bonds is 2. The van der Waals surface area contributed by atoms with Gasteiger partial charge >= 0.3 is 0 Å². The first kappa shape index (κ1) is 13.6. The monoisotopic (exact) mass is 269 g/mol. The van der Waals surface area contributed by atoms with Gasteiger partial charge < -0.3 is 10.0 Å². The summed E-state index contributed by atoms with van der Waals surface area (Å²) in [5.74, 6) is 1.88. The fourth-order valence-corrected chi connectivity index (χ4v) is 2.38. The van der Waals surface area contributed by atoms with Crippen LogP contribution >= 0.6 is 11.6 Å². The van der Waals surface area contributed by atoms with E-state index in [-0.39, 0.29) is 12.0 Å². The molecule has 0 aliphatic carbocycles. The van der Waals surface area contributed by atoms with Crippen LogP contribution in [0.1, 0.15) is 44.0 Å². The molecule has 1 aliphatic rings. The third-order valence-electron chi connectivity index (χ3n) is 3.29. The Labute approximate surface area is 113 Å². The highest BCUT2D eigenvalue weighted by molar-refractivity contribution is 6.30. The topological polar surface area (TPSA) is 49.2 Å². The molecule has 2 rings (SSSR count). The summed E-state index contributed by atoms with van der Waals surface area (Å²) in [5.41, 5.74) is 0.898. The van der Waals surface area contributed by atoms with E-state index in [9.17, 15) is 5.11 Å². The molecule has 4 nitrogen and oxygen atoms in total. The normalized spacial score (nSPS) is 20.6. The highest BCUT2D eigenvalue weighted by Crippen LogP contribution is 2.27. The van der Waals surface area contributed by atoms with Gasteiger partial charge in [-0.2, -0.15) is 0 Å². The van der Waals surface area contributed by atoms with Crippen molar-refractivity contribution in [1.29, 1.82) is 0 Å². The summed E-state index contributed by atoms with van der Waals surface area (Å²) in [5, 5.41) is 10.3. The van der Waals surface area contributed by atoms with E-state index in [0.717, 1.165) is 36.6 Å². The van der Waals surface area contributed by atoms with Crippen LogP contribution in [0.3, 0.4) is 0 Å². The molecule has 2 heterocycles. The number of aliphatic hydroxyl groups excluding tert-OH is 1. The van der Waals surface area contributed by atoms with E-state index < -0.39 is 0 Å². The van der Waals surface area contributed by atoms with Crippen molar-refractivity contribution in [3.63, 3.8) is 0 Å². The van der Waals surface area contributed by atoms with Gasteiger partial charge in [-0.3, -0.25) is 0 Å². The Balaban J connectivity index is 2.36. The predicted molar refractivity (Wildman–Crippen MR) is 73.3 cm³/mol. The lowest BCUT2D eigenvalue weighted by Crippen LogP contribution is -2.39. The number of halogens is 1. The van der Waals surface area contributed by atoms with Crippen molar-refractivity contribution in [3.8, 4) is 0 Å². The maximum Gasteiger partial charge on any atom is 0.137 e. The van der Waals surface area contributed by atoms with Gasteiger partial charge in [0.15, 0.2) is 0 Å². The maximum absolute atomic E-state index is 9.76. The highest BCUT2D eigenvalue weighted by atomic mass is 35.5. The van der Waals surface area contributed by atoms with E-state index in [1.165, 1.54) is 0 Å². The van der Waals surface area contributed by atoms with Crippen LogP contribution in [0.15, 0.2) is 0 Å². The van der Waals surface area contributed by atoms with Gasteiger partial charge in [-0.1, -0.05) is 25.4 Å². The summed E-state index contributed by atoms with van der Waals surface area (Å²) in [6.07, 6.45) is 1.58. The average Bonchev–Trinajstić information content (AvgIpc) is 2.32. The van der Waals surface area contributed by atoms with Crippen molar-refractivity contribution in [1.82, 2.24) is 9.97 Å². The molecule has 1 atom stereocenters. The average molecular weight is 270 g/mol. The minimum atomic E-state index is -0.269. The Morgan fingerprint density at radius 3 is 2.72 bits per heavy atom. The molecular weight excluding hydrogens is 250 g/mol.